The van der Waals surface area contributed by atoms with Crippen LogP contribution < -0.4 is 43.9 Å². The number of hydrogen-bond donors (Lipinski definition) is 2. The summed E-state index contributed by atoms with van der Waals surface area (Å²) in [6.07, 6.45) is 0. The molecule has 0 bridgehead atoms. The summed E-state index contributed by atoms with van der Waals surface area (Å²) >= 11 is 3.71. The third-order valence-electron chi connectivity index (χ3n) is 11.0. The minimum absolute atomic E-state index is 0. The van der Waals surface area contributed by atoms with Crippen LogP contribution in [-0.2, 0) is 20.2 Å². The minimum Gasteiger partial charge on any atom is -0.457 e. The summed E-state index contributed by atoms with van der Waals surface area (Å²) in [4.78, 5) is 31.1. The van der Waals surface area contributed by atoms with E-state index in [1.807, 2.05) is 76.2 Å². The number of benzene rings is 8. The monoisotopic (exact) mass is 926 g/mol. The van der Waals surface area contributed by atoms with Gasteiger partial charge in [0.05, 0.1) is 26.6 Å². The molecule has 8 aromatic carbocycles. The predicted octanol–water partition coefficient (Wildman–Crippen LogP) is 8.63. The minimum atomic E-state index is -4.51. The van der Waals surface area contributed by atoms with E-state index in [4.69, 9.17) is 9.47 Å². The number of halogens is 1. The van der Waals surface area contributed by atoms with Gasteiger partial charge in [0.1, 0.15) is 23.0 Å². The molecule has 2 amide bonds. The van der Waals surface area contributed by atoms with E-state index < -0.39 is 32.1 Å². The van der Waals surface area contributed by atoms with Crippen LogP contribution in [0.2, 0.25) is 0 Å². The van der Waals surface area contributed by atoms with Crippen LogP contribution in [0.1, 0.15) is 71.4 Å². The summed E-state index contributed by atoms with van der Waals surface area (Å²) < 4.78 is 81.1. The maximum absolute atomic E-state index is 15.3. The zero-order chi connectivity index (χ0) is 42.6. The average molecular weight is 928 g/mol. The van der Waals surface area contributed by atoms with Crippen molar-refractivity contribution in [3.63, 3.8) is 0 Å². The van der Waals surface area contributed by atoms with Crippen molar-refractivity contribution < 1.29 is 74.6 Å². The van der Waals surface area contributed by atoms with Crippen molar-refractivity contribution in [3.8, 4) is 23.0 Å². The molecule has 0 atom stereocenters. The number of para-hydroxylation sites is 1. The van der Waals surface area contributed by atoms with Gasteiger partial charge in [-0.2, -0.15) is 16.8 Å². The van der Waals surface area contributed by atoms with E-state index in [0.29, 0.717) is 27.2 Å². The van der Waals surface area contributed by atoms with Gasteiger partial charge in [-0.05, 0) is 111 Å². The molecule has 1 aliphatic heterocycles. The molecule has 15 heteroatoms. The summed E-state index contributed by atoms with van der Waals surface area (Å²) in [5.41, 5.74) is 2.45. The van der Waals surface area contributed by atoms with E-state index in [9.17, 15) is 25.9 Å². The van der Waals surface area contributed by atoms with Crippen LogP contribution in [0.3, 0.4) is 0 Å². The molecule has 0 saturated heterocycles. The van der Waals surface area contributed by atoms with E-state index in [1.54, 1.807) is 12.1 Å². The first-order valence-corrected chi connectivity index (χ1v) is 22.5. The zero-order valence-electron chi connectivity index (χ0n) is 33.3. The standard InChI is InChI=1S/C46H34BrNO10S2.Na/c1-23(2)29-7-5-8-30(24(3)4)44(29)48-45(49)34-21-37(57-25-11-15-27(16-12-25)59(51,52)53)41-32-10-6-9-31-36(47)20-19-33(39(31)32)42-38(22-35(46(48)50)40(34)43(41)42)58-26-13-17-28(18-14-26)60(54,55)56;/h5-24H,1-4H3,(H,51,52,53)(H,54,55,56);/q;+1. The third kappa shape index (κ3) is 7.08. The number of rotatable bonds is 9. The maximum atomic E-state index is 15.3. The molecular weight excluding hydrogens is 894 g/mol. The number of hydrogen-bond acceptors (Lipinski definition) is 8. The molecule has 9 rings (SSSR count). The van der Waals surface area contributed by atoms with Crippen LogP contribution in [0, 0.1) is 0 Å². The number of amides is 2. The van der Waals surface area contributed by atoms with E-state index in [1.165, 1.54) is 53.4 Å². The van der Waals surface area contributed by atoms with E-state index in [2.05, 4.69) is 15.9 Å². The SMILES string of the molecule is CC(C)c1cccc(C(C)C)c1N1C(=O)c2cc(Oc3ccc(S(=O)(=O)O)cc3)c3c4cccc5c(Br)ccc(c6c(Oc7ccc(S(=O)(=O)O)cc7)cc(c2c36)C1=O)c54.[Na+]. The quantitative estimate of drug-likeness (QED) is 0.0471. The molecule has 1 aliphatic rings. The Hall–Kier alpha value is -4.90. The molecule has 0 spiro atoms. The number of carbonyl (C=O) groups excluding carboxylic acids is 2. The van der Waals surface area contributed by atoms with Gasteiger partial charge >= 0.3 is 29.6 Å². The van der Waals surface area contributed by atoms with Crippen molar-refractivity contribution in [1.82, 2.24) is 0 Å². The summed E-state index contributed by atoms with van der Waals surface area (Å²) in [5, 5.41) is 5.05. The van der Waals surface area contributed by atoms with Crippen molar-refractivity contribution in [3.05, 3.63) is 136 Å². The van der Waals surface area contributed by atoms with Crippen LogP contribution in [-0.4, -0.2) is 37.8 Å². The van der Waals surface area contributed by atoms with Gasteiger partial charge in [0.25, 0.3) is 32.1 Å². The largest absolute Gasteiger partial charge is 1.00 e. The van der Waals surface area contributed by atoms with Gasteiger partial charge in [0.2, 0.25) is 0 Å². The van der Waals surface area contributed by atoms with Crippen LogP contribution in [0.4, 0.5) is 5.69 Å². The molecular formula is C46H34BrNNaO10S2+. The number of carbonyl (C=O) groups is 2. The summed E-state index contributed by atoms with van der Waals surface area (Å²) in [5.74, 6) is -0.422. The Bertz CT molecular complexity index is 3190. The molecule has 2 N–H and O–H groups in total. The smallest absolute Gasteiger partial charge is 0.457 e. The topological polar surface area (TPSA) is 165 Å². The second-order valence-corrected chi connectivity index (χ2v) is 19.0. The number of nitrogens with zero attached hydrogens (tertiary/aromatic N) is 1. The molecule has 0 fully saturated rings. The number of fused-ring (bicyclic) bond motifs is 2. The third-order valence-corrected chi connectivity index (χ3v) is 13.4. The Morgan fingerprint density at radius 2 is 0.967 bits per heavy atom. The molecule has 0 saturated carbocycles. The Morgan fingerprint density at radius 3 is 1.41 bits per heavy atom. The van der Waals surface area contributed by atoms with Gasteiger partial charge in [-0.1, -0.05) is 86.1 Å². The predicted molar refractivity (Wildman–Crippen MR) is 234 cm³/mol. The van der Waals surface area contributed by atoms with Gasteiger partial charge in [-0.25, -0.2) is 4.90 Å². The molecule has 0 aromatic heterocycles. The fourth-order valence-corrected chi connectivity index (χ4v) is 9.75. The zero-order valence-corrected chi connectivity index (χ0v) is 38.6. The fraction of sp³-hybridized carbons (Fsp3) is 0.130. The number of imide groups is 1. The summed E-state index contributed by atoms with van der Waals surface area (Å²) in [6.45, 7) is 7.98. The Morgan fingerprint density at radius 1 is 0.541 bits per heavy atom. The van der Waals surface area contributed by atoms with Gasteiger partial charge in [-0.15, -0.1) is 0 Å². The molecule has 0 unspecified atom stereocenters. The first-order valence-electron chi connectivity index (χ1n) is 18.9. The van der Waals surface area contributed by atoms with Crippen LogP contribution in [0.5, 0.6) is 23.0 Å². The van der Waals surface area contributed by atoms with Gasteiger partial charge in [0.15, 0.2) is 0 Å². The molecule has 61 heavy (non-hydrogen) atoms. The van der Waals surface area contributed by atoms with Crippen LogP contribution >= 0.6 is 15.9 Å². The Kier molecular flexibility index (Phi) is 10.8. The first-order chi connectivity index (χ1) is 28.4. The average Bonchev–Trinajstić information content (AvgIpc) is 3.20. The first kappa shape index (κ1) is 42.8. The van der Waals surface area contributed by atoms with Crippen molar-refractivity contribution >= 4 is 96.8 Å². The van der Waals surface area contributed by atoms with Crippen molar-refractivity contribution in [2.45, 2.75) is 49.3 Å². The molecule has 8 aromatic rings. The Labute approximate surface area is 381 Å². The fourth-order valence-electron chi connectivity index (χ4n) is 8.33. The van der Waals surface area contributed by atoms with Crippen molar-refractivity contribution in [2.75, 3.05) is 4.90 Å². The summed E-state index contributed by atoms with van der Waals surface area (Å²) in [6, 6.07) is 29.0. The number of ether oxygens (including phenoxy) is 2. The van der Waals surface area contributed by atoms with E-state index in [-0.39, 0.29) is 85.3 Å². The molecule has 302 valence electrons. The van der Waals surface area contributed by atoms with Crippen molar-refractivity contribution in [1.29, 1.82) is 0 Å². The molecule has 1 heterocycles. The second-order valence-electron chi connectivity index (χ2n) is 15.3. The van der Waals surface area contributed by atoms with Crippen LogP contribution in [0.15, 0.2) is 123 Å². The Balaban J connectivity index is 0.00000514. The summed E-state index contributed by atoms with van der Waals surface area (Å²) in [7, 11) is -9.01. The van der Waals surface area contributed by atoms with E-state index >= 15 is 9.59 Å². The van der Waals surface area contributed by atoms with E-state index in [0.717, 1.165) is 37.1 Å². The molecule has 0 radical (unpaired) electrons. The van der Waals surface area contributed by atoms with Crippen molar-refractivity contribution in [2.24, 2.45) is 0 Å². The maximum Gasteiger partial charge on any atom is 1.00 e. The van der Waals surface area contributed by atoms with Crippen LogP contribution in [0.25, 0.3) is 43.1 Å². The normalized spacial score (nSPS) is 13.3. The second kappa shape index (κ2) is 15.5. The van der Waals surface area contributed by atoms with Gasteiger partial charge in [-0.3, -0.25) is 18.7 Å². The molecule has 0 aliphatic carbocycles. The molecule has 11 nitrogen and oxygen atoms in total. The van der Waals surface area contributed by atoms with Gasteiger partial charge < -0.3 is 9.47 Å². The van der Waals surface area contributed by atoms with Gasteiger partial charge in [0, 0.05) is 26.0 Å². The number of anilines is 1.